The number of esters is 1. The van der Waals surface area contributed by atoms with Crippen molar-refractivity contribution in [3.05, 3.63) is 30.3 Å². The number of ether oxygens (including phenoxy) is 1. The fourth-order valence-corrected chi connectivity index (χ4v) is 5.64. The molecule has 20 heavy (non-hydrogen) atoms. The monoisotopic (exact) mass is 291 g/mol. The highest BCUT2D eigenvalue weighted by Gasteiger charge is 2.52. The Morgan fingerprint density at radius 3 is 2.40 bits per heavy atom. The largest absolute Gasteiger partial charge is 0.467 e. The van der Waals surface area contributed by atoms with Crippen molar-refractivity contribution in [1.29, 1.82) is 0 Å². The molecule has 3 atom stereocenters. The second-order valence-corrected chi connectivity index (χ2v) is 10.8. The summed E-state index contributed by atoms with van der Waals surface area (Å²) >= 11 is 0. The zero-order chi connectivity index (χ0) is 14.9. The van der Waals surface area contributed by atoms with Crippen molar-refractivity contribution in [3.63, 3.8) is 0 Å². The van der Waals surface area contributed by atoms with Crippen molar-refractivity contribution in [2.24, 2.45) is 5.92 Å². The molecule has 4 nitrogen and oxygen atoms in total. The van der Waals surface area contributed by atoms with Crippen LogP contribution in [0.3, 0.4) is 0 Å². The number of rotatable bonds is 4. The molecular weight excluding hydrogens is 270 g/mol. The number of nitrogens with one attached hydrogen (secondary N) is 1. The Kier molecular flexibility index (Phi) is 3.99. The van der Waals surface area contributed by atoms with E-state index in [0.717, 1.165) is 0 Å². The number of hydrogen-bond acceptors (Lipinski definition) is 3. The topological polar surface area (TPSA) is 55.4 Å². The van der Waals surface area contributed by atoms with Crippen LogP contribution in [-0.4, -0.2) is 33.1 Å². The van der Waals surface area contributed by atoms with Crippen LogP contribution in [0.15, 0.2) is 30.3 Å². The third-order valence-electron chi connectivity index (χ3n) is 4.61. The summed E-state index contributed by atoms with van der Waals surface area (Å²) in [6.07, 6.45) is 0. The van der Waals surface area contributed by atoms with Crippen molar-refractivity contribution < 1.29 is 14.3 Å². The van der Waals surface area contributed by atoms with E-state index in [0.29, 0.717) is 0 Å². The maximum absolute atomic E-state index is 11.9. The average molecular weight is 291 g/mol. The smallest absolute Gasteiger partial charge is 0.329 e. The zero-order valence-corrected chi connectivity index (χ0v) is 13.3. The molecule has 1 aromatic rings. The van der Waals surface area contributed by atoms with E-state index >= 15 is 0 Å². The normalized spacial score (nSPS) is 23.5. The number of methoxy groups -OCH3 is 1. The number of hydrogen-bond donors (Lipinski definition) is 1. The summed E-state index contributed by atoms with van der Waals surface area (Å²) in [4.78, 5) is 23.6. The predicted octanol–water partition coefficient (Wildman–Crippen LogP) is 1.28. The highest BCUT2D eigenvalue weighted by molar-refractivity contribution is 6.91. The van der Waals surface area contributed by atoms with Crippen molar-refractivity contribution in [3.8, 4) is 0 Å². The zero-order valence-electron chi connectivity index (χ0n) is 12.3. The maximum Gasteiger partial charge on any atom is 0.329 e. The molecule has 0 spiro atoms. The summed E-state index contributed by atoms with van der Waals surface area (Å²) in [5.41, 5.74) is 0.169. The van der Waals surface area contributed by atoms with Crippen molar-refractivity contribution in [1.82, 2.24) is 5.32 Å². The summed E-state index contributed by atoms with van der Waals surface area (Å²) < 4.78 is 4.76. The number of benzene rings is 1. The van der Waals surface area contributed by atoms with Gasteiger partial charge >= 0.3 is 5.97 Å². The first-order valence-electron chi connectivity index (χ1n) is 6.83. The number of carbonyl (C=O) groups is 2. The van der Waals surface area contributed by atoms with E-state index < -0.39 is 14.1 Å². The van der Waals surface area contributed by atoms with E-state index in [2.05, 4.69) is 37.5 Å². The van der Waals surface area contributed by atoms with Gasteiger partial charge in [-0.25, -0.2) is 4.79 Å². The maximum atomic E-state index is 11.9. The van der Waals surface area contributed by atoms with Crippen molar-refractivity contribution in [2.75, 3.05) is 7.11 Å². The first kappa shape index (κ1) is 14.8. The van der Waals surface area contributed by atoms with Gasteiger partial charge in [-0.2, -0.15) is 0 Å². The highest BCUT2D eigenvalue weighted by atomic mass is 28.3. The molecule has 0 bridgehead atoms. The molecule has 0 unspecified atom stereocenters. The summed E-state index contributed by atoms with van der Waals surface area (Å²) in [7, 11) is -0.471. The van der Waals surface area contributed by atoms with Gasteiger partial charge in [0, 0.05) is 0 Å². The van der Waals surface area contributed by atoms with E-state index in [9.17, 15) is 9.59 Å². The number of amides is 1. The first-order valence-corrected chi connectivity index (χ1v) is 9.91. The van der Waals surface area contributed by atoms with Gasteiger partial charge in [0.1, 0.15) is 6.04 Å². The van der Waals surface area contributed by atoms with E-state index in [1.807, 2.05) is 18.2 Å². The molecule has 5 heteroatoms. The minimum absolute atomic E-state index is 0.0376. The molecule has 1 fully saturated rings. The number of carbonyl (C=O) groups excluding carboxylic acids is 2. The van der Waals surface area contributed by atoms with Crippen LogP contribution in [-0.2, 0) is 14.3 Å². The van der Waals surface area contributed by atoms with Gasteiger partial charge in [0.05, 0.1) is 21.1 Å². The molecule has 0 aromatic heterocycles. The van der Waals surface area contributed by atoms with Crippen LogP contribution >= 0.6 is 0 Å². The first-order chi connectivity index (χ1) is 9.39. The lowest BCUT2D eigenvalue weighted by Gasteiger charge is -2.44. The van der Waals surface area contributed by atoms with Crippen molar-refractivity contribution in [2.45, 2.75) is 31.6 Å². The van der Waals surface area contributed by atoms with Crippen molar-refractivity contribution >= 4 is 25.1 Å². The molecule has 1 aromatic carbocycles. The van der Waals surface area contributed by atoms with Gasteiger partial charge in [0.15, 0.2) is 0 Å². The molecule has 1 saturated heterocycles. The Hall–Kier alpha value is -1.62. The third kappa shape index (κ3) is 2.38. The lowest BCUT2D eigenvalue weighted by molar-refractivity contribution is -0.155. The molecule has 1 amide bonds. The molecule has 0 radical (unpaired) electrons. The average Bonchev–Trinajstić information content (AvgIpc) is 2.44. The second kappa shape index (κ2) is 5.40. The molecule has 0 aliphatic carbocycles. The van der Waals surface area contributed by atoms with Crippen LogP contribution in [0.5, 0.6) is 0 Å². The summed E-state index contributed by atoms with van der Waals surface area (Å²) in [6.45, 7) is 6.57. The van der Waals surface area contributed by atoms with Gasteiger partial charge in [0.25, 0.3) is 0 Å². The SMILES string of the molecule is COC(=O)[C@@H]1NC(=O)[C@@H]1[C@@H](C)[Si](C)(C)c1ccccc1. The van der Waals surface area contributed by atoms with E-state index in [1.54, 1.807) is 0 Å². The molecular formula is C15H21NO3Si. The van der Waals surface area contributed by atoms with E-state index in [1.165, 1.54) is 12.3 Å². The lowest BCUT2D eigenvalue weighted by Crippen LogP contribution is -2.66. The fourth-order valence-electron chi connectivity index (χ4n) is 2.82. The summed E-state index contributed by atoms with van der Waals surface area (Å²) in [6, 6.07) is 9.79. The van der Waals surface area contributed by atoms with E-state index in [-0.39, 0.29) is 23.3 Å². The second-order valence-electron chi connectivity index (χ2n) is 5.91. The standard InChI is InChI=1S/C15H21NO3Si/c1-10(12-13(15(18)19-2)16-14(12)17)20(3,4)11-8-6-5-7-9-11/h5-10,12-13H,1-4H3,(H,16,17)/t10-,12-,13-/m1/s1. The lowest BCUT2D eigenvalue weighted by atomic mass is 9.87. The molecule has 0 saturated carbocycles. The Balaban J connectivity index is 2.23. The molecule has 2 rings (SSSR count). The molecule has 108 valence electrons. The van der Waals surface area contributed by atoms with Gasteiger partial charge in [-0.1, -0.05) is 55.5 Å². The Morgan fingerprint density at radius 1 is 1.30 bits per heavy atom. The van der Waals surface area contributed by atoms with E-state index in [4.69, 9.17) is 4.74 Å². The van der Waals surface area contributed by atoms with Gasteiger partial charge < -0.3 is 10.1 Å². The van der Waals surface area contributed by atoms with Crippen LogP contribution in [0, 0.1) is 5.92 Å². The van der Waals surface area contributed by atoms with Gasteiger partial charge in [-0.15, -0.1) is 0 Å². The molecule has 1 aliphatic rings. The molecule has 1 heterocycles. The minimum Gasteiger partial charge on any atom is -0.467 e. The highest BCUT2D eigenvalue weighted by Crippen LogP contribution is 2.36. The van der Waals surface area contributed by atoms with Gasteiger partial charge in [-0.3, -0.25) is 4.79 Å². The molecule has 1 aliphatic heterocycles. The van der Waals surface area contributed by atoms with Crippen LogP contribution in [0.1, 0.15) is 6.92 Å². The van der Waals surface area contributed by atoms with Crippen LogP contribution in [0.25, 0.3) is 0 Å². The quantitative estimate of drug-likeness (QED) is 0.516. The Bertz CT molecular complexity index is 515. The Labute approximate surface area is 120 Å². The minimum atomic E-state index is -1.83. The summed E-state index contributed by atoms with van der Waals surface area (Å²) in [5, 5.41) is 3.96. The van der Waals surface area contributed by atoms with Crippen LogP contribution in [0.2, 0.25) is 18.6 Å². The Morgan fingerprint density at radius 2 is 1.90 bits per heavy atom. The summed E-state index contributed by atoms with van der Waals surface area (Å²) in [5.74, 6) is -0.659. The van der Waals surface area contributed by atoms with Crippen LogP contribution in [0.4, 0.5) is 0 Å². The van der Waals surface area contributed by atoms with Gasteiger partial charge in [0.2, 0.25) is 5.91 Å². The fraction of sp³-hybridized carbons (Fsp3) is 0.467. The predicted molar refractivity (Wildman–Crippen MR) is 80.4 cm³/mol. The molecule has 1 N–H and O–H groups in total. The van der Waals surface area contributed by atoms with Crippen LogP contribution < -0.4 is 10.5 Å². The number of β-lactam (4-membered cyclic amide) rings is 1. The van der Waals surface area contributed by atoms with Gasteiger partial charge in [-0.05, 0) is 5.54 Å². The third-order valence-corrected chi connectivity index (χ3v) is 9.07.